The molecule has 2 saturated heterocycles. The average molecular weight is 312 g/mol. The van der Waals surface area contributed by atoms with E-state index in [4.69, 9.17) is 5.26 Å². The summed E-state index contributed by atoms with van der Waals surface area (Å²) in [6, 6.07) is 4.07. The zero-order valence-corrected chi connectivity index (χ0v) is 13.1. The van der Waals surface area contributed by atoms with Gasteiger partial charge in [0, 0.05) is 31.4 Å². The molecule has 4 rings (SSSR count). The zero-order valence-electron chi connectivity index (χ0n) is 13.1. The van der Waals surface area contributed by atoms with Gasteiger partial charge in [-0.3, -0.25) is 4.90 Å². The highest BCUT2D eigenvalue weighted by atomic mass is 16.3. The summed E-state index contributed by atoms with van der Waals surface area (Å²) >= 11 is 0. The van der Waals surface area contributed by atoms with E-state index in [1.807, 2.05) is 12.3 Å². The number of fused-ring (bicyclic) bond motifs is 1. The van der Waals surface area contributed by atoms with E-state index in [1.165, 1.54) is 0 Å². The zero-order chi connectivity index (χ0) is 16.0. The van der Waals surface area contributed by atoms with Crippen LogP contribution >= 0.6 is 0 Å². The van der Waals surface area contributed by atoms with Crippen LogP contribution in [-0.4, -0.2) is 56.4 Å². The highest BCUT2D eigenvalue weighted by molar-refractivity contribution is 5.87. The summed E-state index contributed by atoms with van der Waals surface area (Å²) < 4.78 is 0. The third kappa shape index (κ3) is 2.02. The van der Waals surface area contributed by atoms with Crippen molar-refractivity contribution in [1.82, 2.24) is 19.9 Å². The molecule has 0 aromatic carbocycles. The molecule has 7 nitrogen and oxygen atoms in total. The number of H-pyrrole nitrogens is 1. The molecule has 120 valence electrons. The first-order valence-corrected chi connectivity index (χ1v) is 8.00. The fourth-order valence-electron chi connectivity index (χ4n) is 4.17. The van der Waals surface area contributed by atoms with E-state index in [-0.39, 0.29) is 12.0 Å². The second kappa shape index (κ2) is 5.18. The van der Waals surface area contributed by atoms with Crippen LogP contribution in [0.4, 0.5) is 5.82 Å². The van der Waals surface area contributed by atoms with Gasteiger partial charge in [-0.25, -0.2) is 9.97 Å². The summed E-state index contributed by atoms with van der Waals surface area (Å²) in [6.07, 6.45) is 3.93. The van der Waals surface area contributed by atoms with Crippen molar-refractivity contribution in [3.05, 3.63) is 18.6 Å². The standard InChI is InChI=1S/C16H20N6O/c1-11-8-22(13(23)2-5-17)16(11)4-7-21(9-16)15-12-3-6-18-14(12)19-10-20-15/h3,6,10-11,13,23H,2,4,7-9H2,1H3,(H,18,19,20)/t11-,13?,16-/m0/s1. The van der Waals surface area contributed by atoms with Gasteiger partial charge in [-0.2, -0.15) is 5.26 Å². The molecule has 1 unspecified atom stereocenters. The number of aromatic amines is 1. The van der Waals surface area contributed by atoms with Gasteiger partial charge in [-0.05, 0) is 18.4 Å². The lowest BCUT2D eigenvalue weighted by Gasteiger charge is -2.57. The van der Waals surface area contributed by atoms with Gasteiger partial charge in [0.25, 0.3) is 0 Å². The molecule has 2 N–H and O–H groups in total. The number of anilines is 1. The summed E-state index contributed by atoms with van der Waals surface area (Å²) in [4.78, 5) is 16.2. The molecule has 2 fully saturated rings. The van der Waals surface area contributed by atoms with Crippen LogP contribution < -0.4 is 4.90 Å². The first-order valence-electron chi connectivity index (χ1n) is 8.00. The fourth-order valence-corrected chi connectivity index (χ4v) is 4.17. The maximum Gasteiger partial charge on any atom is 0.142 e. The van der Waals surface area contributed by atoms with Crippen molar-refractivity contribution in [1.29, 1.82) is 5.26 Å². The lowest BCUT2D eigenvalue weighted by molar-refractivity contribution is -0.155. The second-order valence-electron chi connectivity index (χ2n) is 6.61. The maximum absolute atomic E-state index is 10.3. The number of hydrogen-bond acceptors (Lipinski definition) is 6. The Morgan fingerprint density at radius 1 is 1.57 bits per heavy atom. The molecular formula is C16H20N6O. The molecule has 23 heavy (non-hydrogen) atoms. The molecular weight excluding hydrogens is 292 g/mol. The first kappa shape index (κ1) is 14.4. The number of nitrogens with zero attached hydrogens (tertiary/aromatic N) is 5. The Bertz CT molecular complexity index is 767. The molecule has 2 aromatic rings. The van der Waals surface area contributed by atoms with Crippen molar-refractivity contribution in [2.45, 2.75) is 31.5 Å². The van der Waals surface area contributed by atoms with Crippen molar-refractivity contribution >= 4 is 16.9 Å². The van der Waals surface area contributed by atoms with Crippen molar-refractivity contribution in [3.63, 3.8) is 0 Å². The van der Waals surface area contributed by atoms with Crippen LogP contribution in [0.3, 0.4) is 0 Å². The molecule has 0 radical (unpaired) electrons. The molecule has 2 aliphatic rings. The van der Waals surface area contributed by atoms with Gasteiger partial charge in [-0.1, -0.05) is 6.92 Å². The van der Waals surface area contributed by atoms with Crippen LogP contribution in [-0.2, 0) is 0 Å². The van der Waals surface area contributed by atoms with Crippen LogP contribution in [0.1, 0.15) is 19.8 Å². The lowest BCUT2D eigenvalue weighted by Crippen LogP contribution is -2.70. The summed E-state index contributed by atoms with van der Waals surface area (Å²) in [5, 5.41) is 20.2. The number of likely N-dealkylation sites (tertiary alicyclic amines) is 1. The van der Waals surface area contributed by atoms with Gasteiger partial charge >= 0.3 is 0 Å². The maximum atomic E-state index is 10.3. The third-order valence-electron chi connectivity index (χ3n) is 5.51. The van der Waals surface area contributed by atoms with E-state index in [1.54, 1.807) is 6.33 Å². The minimum atomic E-state index is -0.672. The number of nitriles is 1. The van der Waals surface area contributed by atoms with Gasteiger partial charge in [0.1, 0.15) is 24.0 Å². The Balaban J connectivity index is 1.61. The molecule has 7 heteroatoms. The van der Waals surface area contributed by atoms with Gasteiger partial charge in [0.15, 0.2) is 0 Å². The van der Waals surface area contributed by atoms with E-state index in [2.05, 4.69) is 37.7 Å². The van der Waals surface area contributed by atoms with Crippen LogP contribution in [0.5, 0.6) is 0 Å². The van der Waals surface area contributed by atoms with Crippen molar-refractivity contribution in [2.75, 3.05) is 24.5 Å². The second-order valence-corrected chi connectivity index (χ2v) is 6.61. The first-order chi connectivity index (χ1) is 11.2. The van der Waals surface area contributed by atoms with E-state index < -0.39 is 6.23 Å². The molecule has 3 atom stereocenters. The Labute approximate surface area is 134 Å². The Morgan fingerprint density at radius 2 is 2.43 bits per heavy atom. The number of nitrogens with one attached hydrogen (secondary N) is 1. The molecule has 0 amide bonds. The molecule has 4 heterocycles. The van der Waals surface area contributed by atoms with E-state index >= 15 is 0 Å². The van der Waals surface area contributed by atoms with E-state index in [0.29, 0.717) is 5.92 Å². The normalized spacial score (nSPS) is 28.9. The predicted octanol–water partition coefficient (Wildman–Crippen LogP) is 1.09. The SMILES string of the molecule is C[C@H]1CN(C(O)CC#N)[C@]12CCN(c1ncnc3[nH]ccc13)C2. The molecule has 1 spiro atoms. The molecule has 2 aliphatic heterocycles. The Hall–Kier alpha value is -2.17. The van der Waals surface area contributed by atoms with Gasteiger partial charge in [0.05, 0.1) is 17.9 Å². The number of aromatic nitrogens is 3. The van der Waals surface area contributed by atoms with Crippen LogP contribution in [0, 0.1) is 17.2 Å². The highest BCUT2D eigenvalue weighted by Gasteiger charge is 2.56. The minimum absolute atomic E-state index is 0.0517. The summed E-state index contributed by atoms with van der Waals surface area (Å²) in [7, 11) is 0. The summed E-state index contributed by atoms with van der Waals surface area (Å²) in [5.74, 6) is 1.45. The van der Waals surface area contributed by atoms with Crippen LogP contribution in [0.2, 0.25) is 0 Å². The Kier molecular flexibility index (Phi) is 3.25. The number of aliphatic hydroxyl groups excluding tert-OH is 1. The third-order valence-corrected chi connectivity index (χ3v) is 5.51. The monoisotopic (exact) mass is 312 g/mol. The topological polar surface area (TPSA) is 92.1 Å². The van der Waals surface area contributed by atoms with E-state index in [0.717, 1.165) is 42.9 Å². The van der Waals surface area contributed by atoms with Gasteiger partial charge in [-0.15, -0.1) is 0 Å². The van der Waals surface area contributed by atoms with Crippen LogP contribution in [0.25, 0.3) is 11.0 Å². The molecule has 0 saturated carbocycles. The number of hydrogen-bond donors (Lipinski definition) is 2. The van der Waals surface area contributed by atoms with Gasteiger partial charge in [0.2, 0.25) is 0 Å². The van der Waals surface area contributed by atoms with Crippen molar-refractivity contribution in [2.24, 2.45) is 5.92 Å². The highest BCUT2D eigenvalue weighted by Crippen LogP contribution is 2.46. The molecule has 2 aromatic heterocycles. The molecule has 0 bridgehead atoms. The smallest absolute Gasteiger partial charge is 0.142 e. The van der Waals surface area contributed by atoms with E-state index in [9.17, 15) is 5.11 Å². The average Bonchev–Trinajstić information content (AvgIpc) is 3.20. The lowest BCUT2D eigenvalue weighted by atomic mass is 9.74. The Morgan fingerprint density at radius 3 is 3.22 bits per heavy atom. The van der Waals surface area contributed by atoms with Crippen molar-refractivity contribution in [3.8, 4) is 6.07 Å². The quantitative estimate of drug-likeness (QED) is 0.881. The largest absolute Gasteiger partial charge is 0.377 e. The predicted molar refractivity (Wildman–Crippen MR) is 85.6 cm³/mol. The summed E-state index contributed by atoms with van der Waals surface area (Å²) in [5.41, 5.74) is 0.795. The number of rotatable bonds is 3. The van der Waals surface area contributed by atoms with Crippen molar-refractivity contribution < 1.29 is 5.11 Å². The number of aliphatic hydroxyl groups is 1. The van der Waals surface area contributed by atoms with Crippen LogP contribution in [0.15, 0.2) is 18.6 Å². The molecule has 0 aliphatic carbocycles. The summed E-state index contributed by atoms with van der Waals surface area (Å²) in [6.45, 7) is 4.80. The fraction of sp³-hybridized carbons (Fsp3) is 0.562. The minimum Gasteiger partial charge on any atom is -0.377 e. The van der Waals surface area contributed by atoms with Gasteiger partial charge < -0.3 is 15.0 Å².